The standard InChI is InChI=1S/C13H18BrNOS/c14-12-6-5-11(17-12)13-9(2-1-7-16-13)8-15-10-3-4-10/h5-6,9-10,13,15H,1-4,7-8H2. The van der Waals surface area contributed by atoms with Crippen molar-refractivity contribution in [2.24, 2.45) is 5.92 Å². The lowest BCUT2D eigenvalue weighted by Crippen LogP contribution is -2.32. The third-order valence-corrected chi connectivity index (χ3v) is 5.25. The molecule has 1 aliphatic carbocycles. The largest absolute Gasteiger partial charge is 0.372 e. The fourth-order valence-electron chi connectivity index (χ4n) is 2.45. The van der Waals surface area contributed by atoms with E-state index in [2.05, 4.69) is 33.4 Å². The van der Waals surface area contributed by atoms with Crippen LogP contribution in [0.15, 0.2) is 15.9 Å². The summed E-state index contributed by atoms with van der Waals surface area (Å²) in [5.74, 6) is 0.648. The Kier molecular flexibility index (Phi) is 3.85. The Bertz CT molecular complexity index is 377. The van der Waals surface area contributed by atoms with Gasteiger partial charge in [-0.15, -0.1) is 11.3 Å². The van der Waals surface area contributed by atoms with E-state index in [1.165, 1.54) is 34.3 Å². The molecule has 1 aromatic rings. The zero-order valence-corrected chi connectivity index (χ0v) is 12.2. The van der Waals surface area contributed by atoms with Crippen molar-refractivity contribution in [2.45, 2.75) is 37.8 Å². The summed E-state index contributed by atoms with van der Waals surface area (Å²) in [6, 6.07) is 5.13. The molecular formula is C13H18BrNOS. The molecule has 2 atom stereocenters. The maximum Gasteiger partial charge on any atom is 0.0957 e. The summed E-state index contributed by atoms with van der Waals surface area (Å²) in [5.41, 5.74) is 0. The second-order valence-electron chi connectivity index (χ2n) is 5.02. The van der Waals surface area contributed by atoms with Crippen LogP contribution in [0.1, 0.15) is 36.7 Å². The lowest BCUT2D eigenvalue weighted by molar-refractivity contribution is -0.0257. The fraction of sp³-hybridized carbons (Fsp3) is 0.692. The van der Waals surface area contributed by atoms with Crippen LogP contribution in [-0.4, -0.2) is 19.2 Å². The van der Waals surface area contributed by atoms with Crippen LogP contribution in [0, 0.1) is 5.92 Å². The topological polar surface area (TPSA) is 21.3 Å². The Morgan fingerprint density at radius 3 is 2.94 bits per heavy atom. The summed E-state index contributed by atoms with van der Waals surface area (Å²) >= 11 is 5.35. The summed E-state index contributed by atoms with van der Waals surface area (Å²) in [6.45, 7) is 2.03. The number of rotatable bonds is 4. The van der Waals surface area contributed by atoms with Crippen molar-refractivity contribution in [1.82, 2.24) is 5.32 Å². The predicted octanol–water partition coefficient (Wildman–Crippen LogP) is 3.73. The van der Waals surface area contributed by atoms with Crippen molar-refractivity contribution >= 4 is 27.3 Å². The lowest BCUT2D eigenvalue weighted by atomic mass is 9.93. The number of hydrogen-bond acceptors (Lipinski definition) is 3. The van der Waals surface area contributed by atoms with Crippen LogP contribution in [0.25, 0.3) is 0 Å². The Labute approximate surface area is 115 Å². The fourth-order valence-corrected chi connectivity index (χ4v) is 4.02. The number of nitrogens with one attached hydrogen (secondary N) is 1. The third kappa shape index (κ3) is 3.11. The average molecular weight is 316 g/mol. The van der Waals surface area contributed by atoms with E-state index < -0.39 is 0 Å². The van der Waals surface area contributed by atoms with Crippen LogP contribution < -0.4 is 5.32 Å². The molecule has 17 heavy (non-hydrogen) atoms. The van der Waals surface area contributed by atoms with Gasteiger partial charge in [0.1, 0.15) is 0 Å². The molecule has 2 fully saturated rings. The van der Waals surface area contributed by atoms with E-state index in [4.69, 9.17) is 4.74 Å². The van der Waals surface area contributed by atoms with E-state index in [0.29, 0.717) is 12.0 Å². The van der Waals surface area contributed by atoms with Gasteiger partial charge in [0.25, 0.3) is 0 Å². The lowest BCUT2D eigenvalue weighted by Gasteiger charge is -2.31. The van der Waals surface area contributed by atoms with Crippen LogP contribution in [0.2, 0.25) is 0 Å². The molecule has 0 spiro atoms. The minimum Gasteiger partial charge on any atom is -0.372 e. The van der Waals surface area contributed by atoms with Crippen LogP contribution in [0.3, 0.4) is 0 Å². The predicted molar refractivity (Wildman–Crippen MR) is 74.5 cm³/mol. The third-order valence-electron chi connectivity index (χ3n) is 3.57. The highest BCUT2D eigenvalue weighted by molar-refractivity contribution is 9.11. The van der Waals surface area contributed by atoms with Gasteiger partial charge in [-0.2, -0.15) is 0 Å². The summed E-state index contributed by atoms with van der Waals surface area (Å²) in [7, 11) is 0. The quantitative estimate of drug-likeness (QED) is 0.914. The van der Waals surface area contributed by atoms with E-state index >= 15 is 0 Å². The van der Waals surface area contributed by atoms with Gasteiger partial charge in [0.15, 0.2) is 0 Å². The number of hydrogen-bond donors (Lipinski definition) is 1. The maximum absolute atomic E-state index is 5.99. The van der Waals surface area contributed by atoms with Crippen molar-refractivity contribution in [3.63, 3.8) is 0 Å². The molecule has 2 nitrogen and oxygen atoms in total. The van der Waals surface area contributed by atoms with E-state index in [9.17, 15) is 0 Å². The van der Waals surface area contributed by atoms with Crippen molar-refractivity contribution in [3.05, 3.63) is 20.8 Å². The SMILES string of the molecule is Brc1ccc(C2OCCCC2CNC2CC2)s1. The molecule has 1 saturated carbocycles. The Hall–Kier alpha value is 0.1000. The molecule has 0 aromatic carbocycles. The minimum atomic E-state index is 0.311. The number of ether oxygens (including phenoxy) is 1. The zero-order chi connectivity index (χ0) is 11.7. The maximum atomic E-state index is 5.99. The summed E-state index contributed by atoms with van der Waals surface area (Å²) in [6.07, 6.45) is 5.54. The summed E-state index contributed by atoms with van der Waals surface area (Å²) < 4.78 is 7.20. The molecular weight excluding hydrogens is 298 g/mol. The first-order valence-electron chi connectivity index (χ1n) is 6.43. The smallest absolute Gasteiger partial charge is 0.0957 e. The van der Waals surface area contributed by atoms with Crippen molar-refractivity contribution < 1.29 is 4.74 Å². The van der Waals surface area contributed by atoms with Crippen molar-refractivity contribution in [1.29, 1.82) is 0 Å². The van der Waals surface area contributed by atoms with Crippen LogP contribution in [0.4, 0.5) is 0 Å². The molecule has 2 aliphatic rings. The highest BCUT2D eigenvalue weighted by Gasteiger charge is 2.30. The highest BCUT2D eigenvalue weighted by atomic mass is 79.9. The van der Waals surface area contributed by atoms with E-state index in [-0.39, 0.29) is 0 Å². The van der Waals surface area contributed by atoms with Gasteiger partial charge in [0, 0.05) is 30.0 Å². The normalized spacial score (nSPS) is 29.5. The molecule has 0 bridgehead atoms. The van der Waals surface area contributed by atoms with Crippen LogP contribution >= 0.6 is 27.3 Å². The van der Waals surface area contributed by atoms with Crippen LogP contribution in [0.5, 0.6) is 0 Å². The van der Waals surface area contributed by atoms with Gasteiger partial charge in [-0.25, -0.2) is 0 Å². The van der Waals surface area contributed by atoms with E-state index in [1.54, 1.807) is 0 Å². The molecule has 2 unspecified atom stereocenters. The highest BCUT2D eigenvalue weighted by Crippen LogP contribution is 2.38. The van der Waals surface area contributed by atoms with Gasteiger partial charge in [-0.05, 0) is 53.7 Å². The van der Waals surface area contributed by atoms with Crippen molar-refractivity contribution in [2.75, 3.05) is 13.2 Å². The van der Waals surface area contributed by atoms with Gasteiger partial charge in [-0.3, -0.25) is 0 Å². The summed E-state index contributed by atoms with van der Waals surface area (Å²) in [4.78, 5) is 1.37. The van der Waals surface area contributed by atoms with Crippen LogP contribution in [-0.2, 0) is 4.74 Å². The van der Waals surface area contributed by atoms with Gasteiger partial charge in [0.2, 0.25) is 0 Å². The summed E-state index contributed by atoms with van der Waals surface area (Å²) in [5, 5.41) is 3.65. The molecule has 2 heterocycles. The number of halogens is 1. The van der Waals surface area contributed by atoms with Crippen molar-refractivity contribution in [3.8, 4) is 0 Å². The first kappa shape index (κ1) is 12.2. The second-order valence-corrected chi connectivity index (χ2v) is 7.51. The molecule has 1 N–H and O–H groups in total. The zero-order valence-electron chi connectivity index (χ0n) is 9.82. The molecule has 1 aromatic heterocycles. The molecule has 0 radical (unpaired) electrons. The first-order chi connectivity index (χ1) is 8.33. The molecule has 94 valence electrons. The van der Waals surface area contributed by atoms with Gasteiger partial charge < -0.3 is 10.1 Å². The van der Waals surface area contributed by atoms with Gasteiger partial charge >= 0.3 is 0 Å². The number of thiophene rings is 1. The Balaban J connectivity index is 1.65. The molecule has 3 rings (SSSR count). The monoisotopic (exact) mass is 315 g/mol. The molecule has 0 amide bonds. The van der Waals surface area contributed by atoms with Gasteiger partial charge in [0.05, 0.1) is 9.89 Å². The molecule has 4 heteroatoms. The second kappa shape index (κ2) is 5.39. The van der Waals surface area contributed by atoms with E-state index in [1.807, 2.05) is 11.3 Å². The van der Waals surface area contributed by atoms with Gasteiger partial charge in [-0.1, -0.05) is 0 Å². The Morgan fingerprint density at radius 1 is 1.35 bits per heavy atom. The Morgan fingerprint density at radius 2 is 2.24 bits per heavy atom. The molecule has 1 aliphatic heterocycles. The van der Waals surface area contributed by atoms with E-state index in [0.717, 1.165) is 19.2 Å². The average Bonchev–Trinajstić information content (AvgIpc) is 3.08. The minimum absolute atomic E-state index is 0.311. The molecule has 1 saturated heterocycles. The first-order valence-corrected chi connectivity index (χ1v) is 8.04.